The summed E-state index contributed by atoms with van der Waals surface area (Å²) in [6.07, 6.45) is 1.85. The number of para-hydroxylation sites is 2. The van der Waals surface area contributed by atoms with Gasteiger partial charge in [-0.2, -0.15) is 0 Å². The van der Waals surface area contributed by atoms with Gasteiger partial charge in [0.2, 0.25) is 0 Å². The lowest BCUT2D eigenvalue weighted by molar-refractivity contribution is 0.733. The van der Waals surface area contributed by atoms with Gasteiger partial charge in [-0.3, -0.25) is 4.98 Å². The zero-order valence-corrected chi connectivity index (χ0v) is 11.8. The minimum absolute atomic E-state index is 0.493. The highest BCUT2D eigenvalue weighted by atomic mass is 15.2. The first-order valence-electron chi connectivity index (χ1n) is 6.97. The number of benzene rings is 1. The summed E-state index contributed by atoms with van der Waals surface area (Å²) in [7, 11) is 2.15. The van der Waals surface area contributed by atoms with Crippen molar-refractivity contribution in [1.29, 1.82) is 0 Å². The average Bonchev–Trinajstić information content (AvgIpc) is 2.51. The molecule has 2 heterocycles. The van der Waals surface area contributed by atoms with Crippen LogP contribution in [0, 0.1) is 0 Å². The molecule has 104 valence electrons. The molecule has 1 aromatic heterocycles. The molecule has 0 saturated carbocycles. The van der Waals surface area contributed by atoms with Gasteiger partial charge in [0.05, 0.1) is 17.1 Å². The molecule has 0 unspecified atom stereocenters. The first-order valence-corrected chi connectivity index (χ1v) is 6.97. The molecule has 0 saturated heterocycles. The monoisotopic (exact) mass is 268 g/mol. The highest BCUT2D eigenvalue weighted by molar-refractivity contribution is 5.73. The van der Waals surface area contributed by atoms with Crippen LogP contribution in [0.3, 0.4) is 0 Å². The molecule has 3 rings (SSSR count). The summed E-state index contributed by atoms with van der Waals surface area (Å²) >= 11 is 0. The van der Waals surface area contributed by atoms with Gasteiger partial charge in [0.1, 0.15) is 0 Å². The van der Waals surface area contributed by atoms with Crippen molar-refractivity contribution in [2.24, 2.45) is 5.73 Å². The molecular formula is C16H20N4. The molecule has 0 bridgehead atoms. The third-order valence-corrected chi connectivity index (χ3v) is 3.80. The lowest BCUT2D eigenvalue weighted by atomic mass is 10.1. The van der Waals surface area contributed by atoms with Gasteiger partial charge in [0.15, 0.2) is 0 Å². The van der Waals surface area contributed by atoms with E-state index in [-0.39, 0.29) is 0 Å². The fourth-order valence-electron chi connectivity index (χ4n) is 2.69. The Morgan fingerprint density at radius 3 is 2.75 bits per heavy atom. The van der Waals surface area contributed by atoms with Crippen molar-refractivity contribution in [3.8, 4) is 0 Å². The Labute approximate surface area is 119 Å². The van der Waals surface area contributed by atoms with E-state index in [1.54, 1.807) is 0 Å². The van der Waals surface area contributed by atoms with E-state index in [0.29, 0.717) is 6.54 Å². The SMILES string of the molecule is CN1CCN(Cc2ccnc(CN)c2)c2ccccc21. The van der Waals surface area contributed by atoms with Crippen molar-refractivity contribution in [3.63, 3.8) is 0 Å². The van der Waals surface area contributed by atoms with Gasteiger partial charge in [0, 0.05) is 39.4 Å². The van der Waals surface area contributed by atoms with Crippen LogP contribution in [0.2, 0.25) is 0 Å². The summed E-state index contributed by atoms with van der Waals surface area (Å²) in [6.45, 7) is 3.48. The van der Waals surface area contributed by atoms with Gasteiger partial charge < -0.3 is 15.5 Å². The lowest BCUT2D eigenvalue weighted by Gasteiger charge is -2.37. The predicted octanol–water partition coefficient (Wildman–Crippen LogP) is 2.00. The van der Waals surface area contributed by atoms with Crippen LogP contribution in [0.1, 0.15) is 11.3 Å². The molecule has 0 radical (unpaired) electrons. The van der Waals surface area contributed by atoms with Gasteiger partial charge in [-0.05, 0) is 29.8 Å². The van der Waals surface area contributed by atoms with E-state index in [9.17, 15) is 0 Å². The maximum Gasteiger partial charge on any atom is 0.0607 e. The van der Waals surface area contributed by atoms with Crippen LogP contribution < -0.4 is 15.5 Å². The van der Waals surface area contributed by atoms with Crippen molar-refractivity contribution < 1.29 is 0 Å². The Balaban J connectivity index is 1.86. The number of nitrogens with zero attached hydrogens (tertiary/aromatic N) is 3. The molecule has 20 heavy (non-hydrogen) atoms. The van der Waals surface area contributed by atoms with Gasteiger partial charge in [0.25, 0.3) is 0 Å². The van der Waals surface area contributed by atoms with Crippen molar-refractivity contribution in [2.75, 3.05) is 29.9 Å². The number of fused-ring (bicyclic) bond motifs is 1. The van der Waals surface area contributed by atoms with Crippen LogP contribution in [0.15, 0.2) is 42.6 Å². The van der Waals surface area contributed by atoms with E-state index in [1.165, 1.54) is 16.9 Å². The second-order valence-corrected chi connectivity index (χ2v) is 5.19. The van der Waals surface area contributed by atoms with Crippen LogP contribution in [0.4, 0.5) is 11.4 Å². The molecule has 2 aromatic rings. The third kappa shape index (κ3) is 2.47. The number of rotatable bonds is 3. The summed E-state index contributed by atoms with van der Waals surface area (Å²) in [6, 6.07) is 12.7. The molecule has 0 aliphatic carbocycles. The molecule has 0 atom stereocenters. The highest BCUT2D eigenvalue weighted by Gasteiger charge is 2.19. The van der Waals surface area contributed by atoms with Gasteiger partial charge >= 0.3 is 0 Å². The summed E-state index contributed by atoms with van der Waals surface area (Å²) in [4.78, 5) is 8.99. The molecule has 4 nitrogen and oxygen atoms in total. The van der Waals surface area contributed by atoms with Crippen LogP contribution in [0.25, 0.3) is 0 Å². The average molecular weight is 268 g/mol. The van der Waals surface area contributed by atoms with E-state index in [0.717, 1.165) is 25.3 Å². The Morgan fingerprint density at radius 1 is 1.15 bits per heavy atom. The van der Waals surface area contributed by atoms with Crippen molar-refractivity contribution in [3.05, 3.63) is 53.9 Å². The predicted molar refractivity (Wildman–Crippen MR) is 82.9 cm³/mol. The molecule has 1 aromatic carbocycles. The highest BCUT2D eigenvalue weighted by Crippen LogP contribution is 2.32. The van der Waals surface area contributed by atoms with E-state index in [2.05, 4.69) is 58.2 Å². The molecule has 0 fully saturated rings. The van der Waals surface area contributed by atoms with Gasteiger partial charge in [-0.15, -0.1) is 0 Å². The minimum atomic E-state index is 0.493. The summed E-state index contributed by atoms with van der Waals surface area (Å²) in [5, 5.41) is 0. The van der Waals surface area contributed by atoms with Crippen LogP contribution in [0.5, 0.6) is 0 Å². The Morgan fingerprint density at radius 2 is 1.95 bits per heavy atom. The summed E-state index contributed by atoms with van der Waals surface area (Å²) in [5.74, 6) is 0. The quantitative estimate of drug-likeness (QED) is 0.925. The normalized spacial score (nSPS) is 14.3. The molecule has 1 aliphatic heterocycles. The van der Waals surface area contributed by atoms with Crippen LogP contribution in [-0.4, -0.2) is 25.1 Å². The number of hydrogen-bond donors (Lipinski definition) is 1. The Bertz CT molecular complexity index is 597. The van der Waals surface area contributed by atoms with E-state index in [1.807, 2.05) is 6.20 Å². The van der Waals surface area contributed by atoms with Crippen LogP contribution >= 0.6 is 0 Å². The molecule has 0 amide bonds. The molecule has 0 spiro atoms. The standard InChI is InChI=1S/C16H20N4/c1-19-8-9-20(16-5-3-2-4-15(16)19)12-13-6-7-18-14(10-13)11-17/h2-7,10H,8-9,11-12,17H2,1H3. The second kappa shape index (κ2) is 5.51. The number of nitrogens with two attached hydrogens (primary N) is 1. The van der Waals surface area contributed by atoms with Crippen molar-refractivity contribution in [2.45, 2.75) is 13.1 Å². The summed E-state index contributed by atoms with van der Waals surface area (Å²) in [5.41, 5.74) is 10.5. The number of pyridine rings is 1. The fourth-order valence-corrected chi connectivity index (χ4v) is 2.69. The maximum atomic E-state index is 5.66. The van der Waals surface area contributed by atoms with E-state index < -0.39 is 0 Å². The minimum Gasteiger partial charge on any atom is -0.371 e. The topological polar surface area (TPSA) is 45.4 Å². The molecule has 1 aliphatic rings. The molecular weight excluding hydrogens is 248 g/mol. The Kier molecular flexibility index (Phi) is 3.56. The largest absolute Gasteiger partial charge is 0.371 e. The Hall–Kier alpha value is -2.07. The first-order chi connectivity index (χ1) is 9.78. The van der Waals surface area contributed by atoms with Crippen molar-refractivity contribution in [1.82, 2.24) is 4.98 Å². The van der Waals surface area contributed by atoms with E-state index >= 15 is 0 Å². The zero-order valence-electron chi connectivity index (χ0n) is 11.8. The fraction of sp³-hybridized carbons (Fsp3) is 0.312. The summed E-state index contributed by atoms with van der Waals surface area (Å²) < 4.78 is 0. The maximum absolute atomic E-state index is 5.66. The first kappa shape index (κ1) is 12.9. The van der Waals surface area contributed by atoms with Crippen molar-refractivity contribution >= 4 is 11.4 Å². The van der Waals surface area contributed by atoms with Gasteiger partial charge in [-0.25, -0.2) is 0 Å². The lowest BCUT2D eigenvalue weighted by Crippen LogP contribution is -2.38. The second-order valence-electron chi connectivity index (χ2n) is 5.19. The number of anilines is 2. The van der Waals surface area contributed by atoms with E-state index in [4.69, 9.17) is 5.73 Å². The molecule has 2 N–H and O–H groups in total. The van der Waals surface area contributed by atoms with Crippen LogP contribution in [-0.2, 0) is 13.1 Å². The molecule has 4 heteroatoms. The van der Waals surface area contributed by atoms with Gasteiger partial charge in [-0.1, -0.05) is 12.1 Å². The number of aromatic nitrogens is 1. The zero-order chi connectivity index (χ0) is 13.9. The third-order valence-electron chi connectivity index (χ3n) is 3.80. The number of likely N-dealkylation sites (N-methyl/N-ethyl adjacent to an activating group) is 1. The number of hydrogen-bond acceptors (Lipinski definition) is 4. The smallest absolute Gasteiger partial charge is 0.0607 e.